The molecule has 0 atom stereocenters. The predicted octanol–water partition coefficient (Wildman–Crippen LogP) is 1.63. The van der Waals surface area contributed by atoms with Gasteiger partial charge in [0.2, 0.25) is 0 Å². The Morgan fingerprint density at radius 1 is 1.50 bits per heavy atom. The SMILES string of the molecule is Cn1cnc2c(NC(C)(C)CC(=O)O)nccc21. The second kappa shape index (κ2) is 4.29. The molecule has 0 aliphatic rings. The lowest BCUT2D eigenvalue weighted by molar-refractivity contribution is -0.137. The number of aryl methyl sites for hydroxylation is 1. The maximum absolute atomic E-state index is 10.8. The number of imidazole rings is 1. The molecule has 2 rings (SSSR count). The molecule has 0 aliphatic heterocycles. The molecule has 0 aromatic carbocycles. The Labute approximate surface area is 105 Å². The van der Waals surface area contributed by atoms with Gasteiger partial charge in [-0.05, 0) is 19.9 Å². The summed E-state index contributed by atoms with van der Waals surface area (Å²) in [6.45, 7) is 3.65. The number of nitrogens with one attached hydrogen (secondary N) is 1. The normalized spacial score (nSPS) is 11.7. The maximum atomic E-state index is 10.8. The Kier molecular flexibility index (Phi) is 2.94. The van der Waals surface area contributed by atoms with E-state index in [0.29, 0.717) is 5.82 Å². The fraction of sp³-hybridized carbons (Fsp3) is 0.417. The lowest BCUT2D eigenvalue weighted by atomic mass is 10.0. The summed E-state index contributed by atoms with van der Waals surface area (Å²) in [5, 5.41) is 12.0. The molecule has 0 unspecified atom stereocenters. The van der Waals surface area contributed by atoms with E-state index < -0.39 is 11.5 Å². The van der Waals surface area contributed by atoms with Crippen LogP contribution in [0.5, 0.6) is 0 Å². The Hall–Kier alpha value is -2.11. The third kappa shape index (κ3) is 2.42. The van der Waals surface area contributed by atoms with Crippen molar-refractivity contribution in [3.63, 3.8) is 0 Å². The largest absolute Gasteiger partial charge is 0.481 e. The van der Waals surface area contributed by atoms with Crippen molar-refractivity contribution < 1.29 is 9.90 Å². The molecule has 2 heterocycles. The Balaban J connectivity index is 2.34. The van der Waals surface area contributed by atoms with E-state index in [4.69, 9.17) is 5.11 Å². The summed E-state index contributed by atoms with van der Waals surface area (Å²) in [6.07, 6.45) is 3.41. The third-order valence-electron chi connectivity index (χ3n) is 2.69. The fourth-order valence-electron chi connectivity index (χ4n) is 1.90. The van der Waals surface area contributed by atoms with Gasteiger partial charge in [-0.3, -0.25) is 4.79 Å². The van der Waals surface area contributed by atoms with E-state index >= 15 is 0 Å². The molecule has 0 spiro atoms. The Morgan fingerprint density at radius 3 is 2.89 bits per heavy atom. The van der Waals surface area contributed by atoms with Gasteiger partial charge in [-0.15, -0.1) is 0 Å². The summed E-state index contributed by atoms with van der Waals surface area (Å²) in [5.74, 6) is -0.236. The molecule has 6 heteroatoms. The molecule has 2 N–H and O–H groups in total. The van der Waals surface area contributed by atoms with E-state index in [2.05, 4.69) is 15.3 Å². The highest BCUT2D eigenvalue weighted by Gasteiger charge is 2.23. The Bertz CT molecular complexity index is 589. The minimum Gasteiger partial charge on any atom is -0.481 e. The van der Waals surface area contributed by atoms with Crippen LogP contribution in [0.2, 0.25) is 0 Å². The first-order chi connectivity index (χ1) is 8.39. The quantitative estimate of drug-likeness (QED) is 0.859. The highest BCUT2D eigenvalue weighted by molar-refractivity contribution is 5.86. The lowest BCUT2D eigenvalue weighted by Crippen LogP contribution is -2.34. The van der Waals surface area contributed by atoms with Crippen LogP contribution in [-0.2, 0) is 11.8 Å². The number of hydrogen-bond acceptors (Lipinski definition) is 4. The monoisotopic (exact) mass is 248 g/mol. The van der Waals surface area contributed by atoms with Crippen molar-refractivity contribution in [3.05, 3.63) is 18.6 Å². The first-order valence-electron chi connectivity index (χ1n) is 5.65. The van der Waals surface area contributed by atoms with Gasteiger partial charge in [-0.2, -0.15) is 0 Å². The first kappa shape index (κ1) is 12.3. The van der Waals surface area contributed by atoms with Crippen molar-refractivity contribution in [1.82, 2.24) is 14.5 Å². The van der Waals surface area contributed by atoms with Gasteiger partial charge in [0.15, 0.2) is 5.82 Å². The molecule has 0 fully saturated rings. The first-order valence-corrected chi connectivity index (χ1v) is 5.65. The molecule has 18 heavy (non-hydrogen) atoms. The summed E-state index contributed by atoms with van der Waals surface area (Å²) in [7, 11) is 1.90. The summed E-state index contributed by atoms with van der Waals surface area (Å²) in [4.78, 5) is 19.3. The maximum Gasteiger partial charge on any atom is 0.305 e. The lowest BCUT2D eigenvalue weighted by Gasteiger charge is -2.24. The number of rotatable bonds is 4. The van der Waals surface area contributed by atoms with Gasteiger partial charge in [-0.1, -0.05) is 0 Å². The van der Waals surface area contributed by atoms with Gasteiger partial charge < -0.3 is 15.0 Å². The number of aromatic nitrogens is 3. The molecule has 6 nitrogen and oxygen atoms in total. The van der Waals surface area contributed by atoms with Gasteiger partial charge in [0.1, 0.15) is 5.52 Å². The van der Waals surface area contributed by atoms with Gasteiger partial charge in [0.05, 0.1) is 18.3 Å². The van der Waals surface area contributed by atoms with Gasteiger partial charge in [-0.25, -0.2) is 9.97 Å². The molecule has 0 aliphatic carbocycles. The zero-order valence-corrected chi connectivity index (χ0v) is 10.6. The molecule has 0 saturated heterocycles. The van der Waals surface area contributed by atoms with Crippen LogP contribution in [0.4, 0.5) is 5.82 Å². The number of carbonyl (C=O) groups is 1. The molecule has 96 valence electrons. The topological polar surface area (TPSA) is 80.0 Å². The molecular formula is C12H16N4O2. The summed E-state index contributed by atoms with van der Waals surface area (Å²) >= 11 is 0. The predicted molar refractivity (Wildman–Crippen MR) is 68.5 cm³/mol. The highest BCUT2D eigenvalue weighted by Crippen LogP contribution is 2.23. The van der Waals surface area contributed by atoms with Crippen LogP contribution < -0.4 is 5.32 Å². The molecule has 0 radical (unpaired) electrons. The van der Waals surface area contributed by atoms with E-state index in [1.165, 1.54) is 0 Å². The van der Waals surface area contributed by atoms with Crippen LogP contribution in [0.15, 0.2) is 18.6 Å². The number of hydrogen-bond donors (Lipinski definition) is 2. The average molecular weight is 248 g/mol. The smallest absolute Gasteiger partial charge is 0.305 e. The summed E-state index contributed by atoms with van der Waals surface area (Å²) < 4.78 is 1.90. The van der Waals surface area contributed by atoms with Crippen molar-refractivity contribution in [3.8, 4) is 0 Å². The zero-order valence-electron chi connectivity index (χ0n) is 10.6. The summed E-state index contributed by atoms with van der Waals surface area (Å²) in [6, 6.07) is 1.87. The van der Waals surface area contributed by atoms with E-state index in [-0.39, 0.29) is 6.42 Å². The van der Waals surface area contributed by atoms with Crippen molar-refractivity contribution in [2.24, 2.45) is 7.05 Å². The summed E-state index contributed by atoms with van der Waals surface area (Å²) in [5.41, 5.74) is 1.13. The van der Waals surface area contributed by atoms with Crippen LogP contribution in [0.1, 0.15) is 20.3 Å². The van der Waals surface area contributed by atoms with Crippen molar-refractivity contribution in [2.45, 2.75) is 25.8 Å². The number of aliphatic carboxylic acids is 1. The fourth-order valence-corrected chi connectivity index (χ4v) is 1.90. The van der Waals surface area contributed by atoms with Gasteiger partial charge >= 0.3 is 5.97 Å². The van der Waals surface area contributed by atoms with Crippen molar-refractivity contribution in [1.29, 1.82) is 0 Å². The zero-order chi connectivity index (χ0) is 13.3. The molecule has 0 amide bonds. The standard InChI is InChI=1S/C12H16N4O2/c1-12(2,6-9(17)18)15-11-10-8(4-5-13-11)16(3)7-14-10/h4-5,7H,6H2,1-3H3,(H,13,15)(H,17,18). The van der Waals surface area contributed by atoms with Crippen LogP contribution in [0.3, 0.4) is 0 Å². The average Bonchev–Trinajstić information content (AvgIpc) is 2.59. The molecular weight excluding hydrogens is 232 g/mol. The molecule has 0 bridgehead atoms. The number of fused-ring (bicyclic) bond motifs is 1. The van der Waals surface area contributed by atoms with Crippen molar-refractivity contribution in [2.75, 3.05) is 5.32 Å². The third-order valence-corrected chi connectivity index (χ3v) is 2.69. The number of carboxylic acid groups (broad SMARTS) is 1. The van der Waals surface area contributed by atoms with Gasteiger partial charge in [0.25, 0.3) is 0 Å². The van der Waals surface area contributed by atoms with E-state index in [0.717, 1.165) is 11.0 Å². The second-order valence-corrected chi connectivity index (χ2v) is 4.96. The molecule has 2 aromatic rings. The number of pyridine rings is 1. The van der Waals surface area contributed by atoms with E-state index in [9.17, 15) is 4.79 Å². The minimum absolute atomic E-state index is 0.0118. The van der Waals surface area contributed by atoms with E-state index in [1.54, 1.807) is 12.5 Å². The van der Waals surface area contributed by atoms with Crippen LogP contribution in [0, 0.1) is 0 Å². The number of carboxylic acids is 1. The van der Waals surface area contributed by atoms with Crippen LogP contribution in [0.25, 0.3) is 11.0 Å². The van der Waals surface area contributed by atoms with Crippen LogP contribution in [-0.4, -0.2) is 31.1 Å². The second-order valence-electron chi connectivity index (χ2n) is 4.96. The highest BCUT2D eigenvalue weighted by atomic mass is 16.4. The van der Waals surface area contributed by atoms with E-state index in [1.807, 2.05) is 31.5 Å². The minimum atomic E-state index is -0.847. The molecule has 0 saturated carbocycles. The Morgan fingerprint density at radius 2 is 2.22 bits per heavy atom. The van der Waals surface area contributed by atoms with Gasteiger partial charge in [0, 0.05) is 18.8 Å². The molecule has 2 aromatic heterocycles. The number of anilines is 1. The number of nitrogens with zero attached hydrogens (tertiary/aromatic N) is 3. The van der Waals surface area contributed by atoms with Crippen molar-refractivity contribution >= 4 is 22.8 Å². The van der Waals surface area contributed by atoms with Crippen LogP contribution >= 0.6 is 0 Å².